The smallest absolute Gasteiger partial charge is 0.332 e. The maximum atomic E-state index is 12.4. The number of aliphatic hydroxyl groups is 1. The molecule has 0 amide bonds. The van der Waals surface area contributed by atoms with Gasteiger partial charge in [-0.3, -0.25) is 18.9 Å². The highest BCUT2D eigenvalue weighted by Crippen LogP contribution is 2.23. The lowest BCUT2D eigenvalue weighted by Gasteiger charge is -2.11. The van der Waals surface area contributed by atoms with Crippen LogP contribution >= 0.6 is 0 Å². The number of hydrogen-bond acceptors (Lipinski definition) is 7. The fraction of sp³-hybridized carbons (Fsp3) is 0.438. The van der Waals surface area contributed by atoms with Gasteiger partial charge in [-0.1, -0.05) is 6.08 Å². The first-order chi connectivity index (χ1) is 12.0. The average molecular weight is 349 g/mol. The normalized spacial score (nSPS) is 17.0. The predicted octanol–water partition coefficient (Wildman–Crippen LogP) is 0.575. The number of rotatable bonds is 7. The van der Waals surface area contributed by atoms with Crippen LogP contribution in [0.4, 0.5) is 11.5 Å². The molecule has 0 bridgehead atoms. The standard InChI is InChI=1S/C16H23N5O4/c1-4-11(2)10-17-6-9-25-15-18-12-13(19-15)20(3)16(24)21(14(12)23)7-5-8-22/h4,6,9-10,15,18-19,22H,5,7-8H2,1-3H3/b9-6+,11-4-,17-10-. The molecule has 3 N–H and O–H groups in total. The molecule has 1 aliphatic rings. The molecule has 2 heterocycles. The van der Waals surface area contributed by atoms with E-state index in [2.05, 4.69) is 15.6 Å². The molecule has 1 atom stereocenters. The van der Waals surface area contributed by atoms with Crippen LogP contribution in [0.3, 0.4) is 0 Å². The average Bonchev–Trinajstić information content (AvgIpc) is 3.04. The van der Waals surface area contributed by atoms with Gasteiger partial charge in [-0.15, -0.1) is 0 Å². The number of aliphatic imine (C=N–C) groups is 1. The third-order valence-corrected chi connectivity index (χ3v) is 3.73. The highest BCUT2D eigenvalue weighted by atomic mass is 16.5. The van der Waals surface area contributed by atoms with Crippen LogP contribution in [0.2, 0.25) is 0 Å². The number of allylic oxidation sites excluding steroid dienone is 2. The van der Waals surface area contributed by atoms with Gasteiger partial charge in [-0.25, -0.2) is 4.79 Å². The maximum absolute atomic E-state index is 12.4. The second-order valence-electron chi connectivity index (χ2n) is 5.50. The molecule has 0 saturated heterocycles. The number of ether oxygens (including phenoxy) is 1. The molecule has 0 aliphatic carbocycles. The number of hydrogen-bond donors (Lipinski definition) is 3. The molecule has 0 spiro atoms. The van der Waals surface area contributed by atoms with Crippen LogP contribution < -0.4 is 21.9 Å². The van der Waals surface area contributed by atoms with E-state index in [1.807, 2.05) is 19.9 Å². The van der Waals surface area contributed by atoms with Gasteiger partial charge in [0.2, 0.25) is 6.35 Å². The van der Waals surface area contributed by atoms with Crippen molar-refractivity contribution < 1.29 is 9.84 Å². The Morgan fingerprint density at radius 2 is 2.16 bits per heavy atom. The quantitative estimate of drug-likeness (QED) is 0.490. The summed E-state index contributed by atoms with van der Waals surface area (Å²) in [6, 6.07) is 0. The van der Waals surface area contributed by atoms with Crippen molar-refractivity contribution in [2.24, 2.45) is 12.0 Å². The molecule has 0 aromatic carbocycles. The molecule has 9 nitrogen and oxygen atoms in total. The lowest BCUT2D eigenvalue weighted by molar-refractivity contribution is 0.198. The SMILES string of the molecule is C\C=C(C)/C=N\C=C\OC1Nc2c(n(C)c(=O)n(CCCO)c2=O)N1. The molecule has 2 rings (SSSR count). The maximum Gasteiger partial charge on any atom is 0.332 e. The summed E-state index contributed by atoms with van der Waals surface area (Å²) in [6.07, 6.45) is 6.13. The van der Waals surface area contributed by atoms with Crippen molar-refractivity contribution in [1.29, 1.82) is 0 Å². The lowest BCUT2D eigenvalue weighted by Crippen LogP contribution is -2.39. The van der Waals surface area contributed by atoms with E-state index in [0.717, 1.165) is 10.1 Å². The summed E-state index contributed by atoms with van der Waals surface area (Å²) in [5.41, 5.74) is 0.379. The topological polar surface area (TPSA) is 110 Å². The first kappa shape index (κ1) is 18.5. The number of anilines is 2. The molecular weight excluding hydrogens is 326 g/mol. The second-order valence-corrected chi connectivity index (χ2v) is 5.50. The van der Waals surface area contributed by atoms with Crippen molar-refractivity contribution in [3.05, 3.63) is 44.9 Å². The van der Waals surface area contributed by atoms with Crippen LogP contribution in [0.5, 0.6) is 0 Å². The van der Waals surface area contributed by atoms with E-state index in [1.54, 1.807) is 13.3 Å². The predicted molar refractivity (Wildman–Crippen MR) is 96.8 cm³/mol. The molecule has 9 heteroatoms. The van der Waals surface area contributed by atoms with Crippen LogP contribution in [-0.4, -0.2) is 33.4 Å². The van der Waals surface area contributed by atoms with Crippen molar-refractivity contribution in [2.45, 2.75) is 33.2 Å². The van der Waals surface area contributed by atoms with Gasteiger partial charge in [0, 0.05) is 26.4 Å². The number of aromatic nitrogens is 2. The minimum Gasteiger partial charge on any atom is -0.458 e. The van der Waals surface area contributed by atoms with Crippen LogP contribution in [0.25, 0.3) is 0 Å². The Hall–Kier alpha value is -2.81. The summed E-state index contributed by atoms with van der Waals surface area (Å²) < 4.78 is 7.86. The Bertz CT molecular complexity index is 819. The summed E-state index contributed by atoms with van der Waals surface area (Å²) in [6.45, 7) is 3.91. The van der Waals surface area contributed by atoms with Gasteiger partial charge in [-0.2, -0.15) is 0 Å². The van der Waals surface area contributed by atoms with E-state index in [1.165, 1.54) is 17.0 Å². The van der Waals surface area contributed by atoms with E-state index < -0.39 is 17.6 Å². The minimum absolute atomic E-state index is 0.0951. The molecular formula is C16H23N5O4. The first-order valence-corrected chi connectivity index (χ1v) is 7.94. The minimum atomic E-state index is -0.684. The van der Waals surface area contributed by atoms with Gasteiger partial charge < -0.3 is 20.5 Å². The lowest BCUT2D eigenvalue weighted by atomic mass is 10.3. The van der Waals surface area contributed by atoms with E-state index >= 15 is 0 Å². The van der Waals surface area contributed by atoms with Crippen LogP contribution in [0.15, 0.2) is 38.7 Å². The zero-order chi connectivity index (χ0) is 18.4. The van der Waals surface area contributed by atoms with E-state index in [4.69, 9.17) is 9.84 Å². The molecule has 1 aliphatic heterocycles. The van der Waals surface area contributed by atoms with Crippen molar-refractivity contribution in [3.63, 3.8) is 0 Å². The molecule has 136 valence electrons. The van der Waals surface area contributed by atoms with Crippen LogP contribution in [-0.2, 0) is 18.3 Å². The summed E-state index contributed by atoms with van der Waals surface area (Å²) >= 11 is 0. The second kappa shape index (κ2) is 8.34. The van der Waals surface area contributed by atoms with Gasteiger partial charge in [0.1, 0.15) is 17.8 Å². The number of aliphatic hydroxyl groups excluding tert-OH is 1. The summed E-state index contributed by atoms with van der Waals surface area (Å²) in [5, 5.41) is 14.7. The molecule has 1 aromatic rings. The van der Waals surface area contributed by atoms with E-state index in [9.17, 15) is 9.59 Å². The van der Waals surface area contributed by atoms with Crippen molar-refractivity contribution in [2.75, 3.05) is 17.2 Å². The van der Waals surface area contributed by atoms with Gasteiger partial charge >= 0.3 is 5.69 Å². The number of nitrogens with zero attached hydrogens (tertiary/aromatic N) is 3. The third kappa shape index (κ3) is 4.18. The Labute approximate surface area is 145 Å². The van der Waals surface area contributed by atoms with Crippen molar-refractivity contribution >= 4 is 17.7 Å². The largest absolute Gasteiger partial charge is 0.458 e. The molecule has 0 radical (unpaired) electrons. The summed E-state index contributed by atoms with van der Waals surface area (Å²) in [4.78, 5) is 28.7. The first-order valence-electron chi connectivity index (χ1n) is 7.94. The van der Waals surface area contributed by atoms with Gasteiger partial charge in [-0.05, 0) is 25.8 Å². The van der Waals surface area contributed by atoms with Gasteiger partial charge in [0.15, 0.2) is 0 Å². The zero-order valence-corrected chi connectivity index (χ0v) is 14.5. The van der Waals surface area contributed by atoms with Gasteiger partial charge in [0.25, 0.3) is 5.56 Å². The summed E-state index contributed by atoms with van der Waals surface area (Å²) in [7, 11) is 1.56. The highest BCUT2D eigenvalue weighted by Gasteiger charge is 2.27. The zero-order valence-electron chi connectivity index (χ0n) is 14.5. The monoisotopic (exact) mass is 349 g/mol. The Kier molecular flexibility index (Phi) is 6.18. The fourth-order valence-corrected chi connectivity index (χ4v) is 2.24. The highest BCUT2D eigenvalue weighted by molar-refractivity contribution is 5.77. The Morgan fingerprint density at radius 1 is 1.40 bits per heavy atom. The van der Waals surface area contributed by atoms with Crippen LogP contribution in [0.1, 0.15) is 20.3 Å². The number of fused-ring (bicyclic) bond motifs is 1. The van der Waals surface area contributed by atoms with Crippen molar-refractivity contribution in [3.8, 4) is 0 Å². The molecule has 1 aromatic heterocycles. The molecule has 0 fully saturated rings. The van der Waals surface area contributed by atoms with Crippen LogP contribution in [0, 0.1) is 0 Å². The molecule has 1 unspecified atom stereocenters. The summed E-state index contributed by atoms with van der Waals surface area (Å²) in [5.74, 6) is 0.363. The molecule has 0 saturated carbocycles. The van der Waals surface area contributed by atoms with Gasteiger partial charge in [0.05, 0.1) is 6.20 Å². The van der Waals surface area contributed by atoms with E-state index in [0.29, 0.717) is 12.2 Å². The fourth-order valence-electron chi connectivity index (χ4n) is 2.24. The third-order valence-electron chi connectivity index (χ3n) is 3.73. The number of nitrogens with one attached hydrogen (secondary N) is 2. The Balaban J connectivity index is 2.12. The van der Waals surface area contributed by atoms with Crippen molar-refractivity contribution in [1.82, 2.24) is 9.13 Å². The Morgan fingerprint density at radius 3 is 2.84 bits per heavy atom. The molecule has 25 heavy (non-hydrogen) atoms. The van der Waals surface area contributed by atoms with E-state index in [-0.39, 0.29) is 18.8 Å².